The molecule has 0 aliphatic heterocycles. The van der Waals surface area contributed by atoms with Crippen LogP contribution in [0.4, 0.5) is 0 Å². The number of nitrogens with one attached hydrogen (secondary N) is 1. The maximum Gasteiger partial charge on any atom is 0.101 e. The zero-order chi connectivity index (χ0) is 9.97. The van der Waals surface area contributed by atoms with Crippen LogP contribution in [-0.2, 0) is 0 Å². The van der Waals surface area contributed by atoms with E-state index in [-0.39, 0.29) is 0 Å². The Kier molecular flexibility index (Phi) is 2.26. The first-order chi connectivity index (χ1) is 6.81. The summed E-state index contributed by atoms with van der Waals surface area (Å²) in [5.74, 6) is 0. The second-order valence-electron chi connectivity index (χ2n) is 2.89. The third-order valence-electron chi connectivity index (χ3n) is 1.98. The van der Waals surface area contributed by atoms with Gasteiger partial charge >= 0.3 is 0 Å². The van der Waals surface area contributed by atoms with Gasteiger partial charge in [0.1, 0.15) is 6.07 Å². The normalized spacial score (nSPS) is 9.71. The fourth-order valence-corrected chi connectivity index (χ4v) is 1.53. The zero-order valence-electron chi connectivity index (χ0n) is 7.29. The van der Waals surface area contributed by atoms with Crippen molar-refractivity contribution in [3.63, 3.8) is 0 Å². The fraction of sp³-hybridized carbons (Fsp3) is 0. The summed E-state index contributed by atoms with van der Waals surface area (Å²) in [5, 5.41) is 9.34. The molecule has 2 nitrogen and oxygen atoms in total. The predicted molar refractivity (Wildman–Crippen MR) is 56.0 cm³/mol. The van der Waals surface area contributed by atoms with Gasteiger partial charge in [-0.1, -0.05) is 29.8 Å². The third-order valence-corrected chi connectivity index (χ3v) is 2.31. The topological polar surface area (TPSA) is 39.6 Å². The van der Waals surface area contributed by atoms with Gasteiger partial charge < -0.3 is 4.98 Å². The highest BCUT2D eigenvalue weighted by molar-refractivity contribution is 6.33. The highest BCUT2D eigenvalue weighted by Gasteiger charge is 2.04. The molecule has 0 atom stereocenters. The van der Waals surface area contributed by atoms with E-state index in [0.29, 0.717) is 10.6 Å². The van der Waals surface area contributed by atoms with Gasteiger partial charge in [-0.3, -0.25) is 0 Å². The van der Waals surface area contributed by atoms with Crippen molar-refractivity contribution in [2.75, 3.05) is 0 Å². The lowest BCUT2D eigenvalue weighted by molar-refractivity contribution is 1.39. The predicted octanol–water partition coefficient (Wildman–Crippen LogP) is 3.21. The van der Waals surface area contributed by atoms with E-state index in [1.54, 1.807) is 12.3 Å². The van der Waals surface area contributed by atoms with E-state index in [1.807, 2.05) is 24.3 Å². The van der Waals surface area contributed by atoms with Gasteiger partial charge in [0.25, 0.3) is 0 Å². The summed E-state index contributed by atoms with van der Waals surface area (Å²) in [6, 6.07) is 11.4. The maximum atomic E-state index is 8.66. The minimum atomic E-state index is 0.611. The highest BCUT2D eigenvalue weighted by atomic mass is 35.5. The molecule has 0 unspecified atom stereocenters. The van der Waals surface area contributed by atoms with E-state index in [0.717, 1.165) is 11.3 Å². The average Bonchev–Trinajstić information content (AvgIpc) is 2.67. The van der Waals surface area contributed by atoms with Gasteiger partial charge in [-0.05, 0) is 12.1 Å². The van der Waals surface area contributed by atoms with Crippen LogP contribution in [-0.4, -0.2) is 4.98 Å². The number of nitriles is 1. The van der Waals surface area contributed by atoms with Crippen molar-refractivity contribution in [3.05, 3.63) is 47.1 Å². The monoisotopic (exact) mass is 202 g/mol. The van der Waals surface area contributed by atoms with Gasteiger partial charge in [0.15, 0.2) is 0 Å². The fourth-order valence-electron chi connectivity index (χ4n) is 1.29. The first kappa shape index (κ1) is 8.86. The number of hydrogen-bond acceptors (Lipinski definition) is 1. The van der Waals surface area contributed by atoms with Gasteiger partial charge in [-0.15, -0.1) is 0 Å². The second-order valence-corrected chi connectivity index (χ2v) is 3.30. The Labute approximate surface area is 86.8 Å². The number of aromatic nitrogens is 1. The molecule has 0 saturated heterocycles. The van der Waals surface area contributed by atoms with Crippen molar-refractivity contribution in [1.29, 1.82) is 5.26 Å². The Bertz CT molecular complexity index is 494. The summed E-state index contributed by atoms with van der Waals surface area (Å²) in [5.41, 5.74) is 2.39. The molecule has 0 radical (unpaired) electrons. The Morgan fingerprint density at radius 2 is 2.07 bits per heavy atom. The minimum absolute atomic E-state index is 0.611. The second kappa shape index (κ2) is 3.57. The van der Waals surface area contributed by atoms with Crippen LogP contribution in [0.2, 0.25) is 5.02 Å². The quantitative estimate of drug-likeness (QED) is 0.758. The first-order valence-corrected chi connectivity index (χ1v) is 4.52. The molecule has 0 bridgehead atoms. The van der Waals surface area contributed by atoms with Gasteiger partial charge in [-0.25, -0.2) is 0 Å². The molecule has 1 heterocycles. The number of nitrogens with zero attached hydrogens (tertiary/aromatic N) is 1. The summed E-state index contributed by atoms with van der Waals surface area (Å²) in [6.45, 7) is 0. The Balaban J connectivity index is 2.51. The summed E-state index contributed by atoms with van der Waals surface area (Å²) in [6.07, 6.45) is 1.67. The molecule has 1 aromatic heterocycles. The highest BCUT2D eigenvalue weighted by Crippen LogP contribution is 2.26. The van der Waals surface area contributed by atoms with E-state index in [2.05, 4.69) is 11.1 Å². The SMILES string of the molecule is N#Cc1c[nH]c(-c2ccccc2Cl)c1. The van der Waals surface area contributed by atoms with Gasteiger partial charge in [-0.2, -0.15) is 5.26 Å². The molecule has 3 heteroatoms. The summed E-state index contributed by atoms with van der Waals surface area (Å²) in [4.78, 5) is 3.01. The number of hydrogen-bond donors (Lipinski definition) is 1. The molecule has 68 valence electrons. The lowest BCUT2D eigenvalue weighted by Gasteiger charge is -1.99. The lowest BCUT2D eigenvalue weighted by Crippen LogP contribution is -1.77. The molecule has 0 aliphatic carbocycles. The molecule has 0 saturated carbocycles. The van der Waals surface area contributed by atoms with Crippen LogP contribution in [0.25, 0.3) is 11.3 Å². The number of halogens is 1. The van der Waals surface area contributed by atoms with E-state index in [4.69, 9.17) is 16.9 Å². The number of benzene rings is 1. The molecule has 0 fully saturated rings. The van der Waals surface area contributed by atoms with Crippen molar-refractivity contribution in [3.8, 4) is 17.3 Å². The summed E-state index contributed by atoms with van der Waals surface area (Å²) < 4.78 is 0. The average molecular weight is 203 g/mol. The molecule has 1 N–H and O–H groups in total. The Hall–Kier alpha value is -1.72. The molecule has 2 aromatic rings. The van der Waals surface area contributed by atoms with Gasteiger partial charge in [0, 0.05) is 22.5 Å². The smallest absolute Gasteiger partial charge is 0.101 e. The van der Waals surface area contributed by atoms with Crippen LogP contribution in [0.5, 0.6) is 0 Å². The van der Waals surface area contributed by atoms with Crippen LogP contribution in [0.15, 0.2) is 36.5 Å². The van der Waals surface area contributed by atoms with E-state index in [9.17, 15) is 0 Å². The lowest BCUT2D eigenvalue weighted by atomic mass is 10.1. The van der Waals surface area contributed by atoms with Crippen molar-refractivity contribution in [2.24, 2.45) is 0 Å². The summed E-state index contributed by atoms with van der Waals surface area (Å²) in [7, 11) is 0. The molecule has 0 amide bonds. The number of H-pyrrole nitrogens is 1. The van der Waals surface area contributed by atoms with Crippen LogP contribution < -0.4 is 0 Å². The van der Waals surface area contributed by atoms with Crippen molar-refractivity contribution in [1.82, 2.24) is 4.98 Å². The van der Waals surface area contributed by atoms with Crippen molar-refractivity contribution in [2.45, 2.75) is 0 Å². The first-order valence-electron chi connectivity index (χ1n) is 4.14. The minimum Gasteiger partial charge on any atom is -0.360 e. The van der Waals surface area contributed by atoms with E-state index >= 15 is 0 Å². The summed E-state index contributed by atoms with van der Waals surface area (Å²) >= 11 is 6.01. The Morgan fingerprint density at radius 3 is 2.71 bits per heavy atom. The largest absolute Gasteiger partial charge is 0.360 e. The van der Waals surface area contributed by atoms with Crippen LogP contribution in [0.3, 0.4) is 0 Å². The maximum absolute atomic E-state index is 8.66. The molecule has 14 heavy (non-hydrogen) atoms. The molecule has 1 aromatic carbocycles. The third kappa shape index (κ3) is 1.50. The Morgan fingerprint density at radius 1 is 1.29 bits per heavy atom. The van der Waals surface area contributed by atoms with Crippen molar-refractivity contribution < 1.29 is 0 Å². The van der Waals surface area contributed by atoms with E-state index in [1.165, 1.54) is 0 Å². The standard InChI is InChI=1S/C11H7ClN2/c12-10-4-2-1-3-9(10)11-5-8(6-13)7-14-11/h1-5,7,14H. The number of aromatic amines is 1. The van der Waals surface area contributed by atoms with Gasteiger partial charge in [0.05, 0.1) is 5.56 Å². The van der Waals surface area contributed by atoms with Gasteiger partial charge in [0.2, 0.25) is 0 Å². The van der Waals surface area contributed by atoms with Crippen LogP contribution in [0, 0.1) is 11.3 Å². The van der Waals surface area contributed by atoms with Crippen LogP contribution >= 0.6 is 11.6 Å². The molecule has 0 spiro atoms. The van der Waals surface area contributed by atoms with Crippen LogP contribution in [0.1, 0.15) is 5.56 Å². The number of rotatable bonds is 1. The molecular formula is C11H7ClN2. The van der Waals surface area contributed by atoms with E-state index < -0.39 is 0 Å². The molecular weight excluding hydrogens is 196 g/mol. The molecule has 2 rings (SSSR count). The van der Waals surface area contributed by atoms with Crippen molar-refractivity contribution >= 4 is 11.6 Å². The zero-order valence-corrected chi connectivity index (χ0v) is 8.05. The molecule has 0 aliphatic rings.